The molecule has 0 amide bonds. The molecule has 0 fully saturated rings. The number of hydrogen-bond donors (Lipinski definition) is 0. The van der Waals surface area contributed by atoms with Crippen LogP contribution in [0.5, 0.6) is 0 Å². The smallest absolute Gasteiger partial charge is 0.338 e. The molecule has 1 aromatic carbocycles. The highest BCUT2D eigenvalue weighted by molar-refractivity contribution is 6.30. The van der Waals surface area contributed by atoms with Crippen molar-refractivity contribution in [1.29, 1.82) is 0 Å². The molecule has 2 heterocycles. The molecule has 27 heavy (non-hydrogen) atoms. The van der Waals surface area contributed by atoms with Crippen molar-refractivity contribution in [3.8, 4) is 0 Å². The molecule has 0 aliphatic carbocycles. The van der Waals surface area contributed by atoms with Crippen LogP contribution in [0.3, 0.4) is 0 Å². The highest BCUT2D eigenvalue weighted by Gasteiger charge is 2.23. The number of pyridine rings is 1. The Morgan fingerprint density at radius 3 is 2.52 bits per heavy atom. The largest absolute Gasteiger partial charge is 0.456 e. The number of aryl methyl sites for hydroxylation is 1. The normalized spacial score (nSPS) is 11.6. The van der Waals surface area contributed by atoms with Crippen LogP contribution in [0.15, 0.2) is 36.5 Å². The maximum Gasteiger partial charge on any atom is 0.338 e. The van der Waals surface area contributed by atoms with Gasteiger partial charge < -0.3 is 9.30 Å². The minimum Gasteiger partial charge on any atom is -0.456 e. The zero-order chi connectivity index (χ0) is 19.9. The number of ketones is 1. The molecule has 0 aliphatic heterocycles. The molecular formula is C20H18ClFN2O3. The average molecular weight is 389 g/mol. The number of ether oxygens (including phenoxy) is 1. The first-order chi connectivity index (χ1) is 12.6. The second kappa shape index (κ2) is 6.78. The highest BCUT2D eigenvalue weighted by atomic mass is 35.5. The number of fused-ring (bicyclic) bond motifs is 1. The summed E-state index contributed by atoms with van der Waals surface area (Å²) in [7, 11) is 1.72. The zero-order valence-electron chi connectivity index (χ0n) is 15.3. The van der Waals surface area contributed by atoms with Gasteiger partial charge in [-0.15, -0.1) is 0 Å². The minimum atomic E-state index is -0.716. The van der Waals surface area contributed by atoms with Crippen molar-refractivity contribution >= 4 is 34.4 Å². The lowest BCUT2D eigenvalue weighted by molar-refractivity contribution is 0.00694. The molecule has 0 unspecified atom stereocenters. The number of nitrogens with zero attached hydrogens (tertiary/aromatic N) is 2. The number of rotatable bonds is 3. The topological polar surface area (TPSA) is 61.2 Å². The molecule has 0 atom stereocenters. The monoisotopic (exact) mass is 388 g/mol. The van der Waals surface area contributed by atoms with E-state index in [0.29, 0.717) is 16.2 Å². The highest BCUT2D eigenvalue weighted by Crippen LogP contribution is 2.25. The Kier molecular flexibility index (Phi) is 4.78. The third kappa shape index (κ3) is 3.85. The molecular weight excluding hydrogens is 371 g/mol. The summed E-state index contributed by atoms with van der Waals surface area (Å²) in [4.78, 5) is 29.4. The summed E-state index contributed by atoms with van der Waals surface area (Å²) >= 11 is 5.91. The van der Waals surface area contributed by atoms with Crippen molar-refractivity contribution in [3.63, 3.8) is 0 Å². The van der Waals surface area contributed by atoms with E-state index in [-0.39, 0.29) is 16.7 Å². The van der Waals surface area contributed by atoms with Gasteiger partial charge in [-0.3, -0.25) is 4.79 Å². The van der Waals surface area contributed by atoms with E-state index >= 15 is 0 Å². The number of benzene rings is 1. The molecule has 5 nitrogen and oxygen atoms in total. The molecule has 3 aromatic rings. The molecule has 140 valence electrons. The molecule has 0 saturated carbocycles. The SMILES string of the molecule is Cn1cc(C(=O)c2cc(C(=O)OC(C)(C)C)ccc2F)c2ccc(Cl)nc21. The van der Waals surface area contributed by atoms with E-state index in [1.807, 2.05) is 0 Å². The lowest BCUT2D eigenvalue weighted by Gasteiger charge is -2.19. The van der Waals surface area contributed by atoms with Crippen LogP contribution in [-0.2, 0) is 11.8 Å². The van der Waals surface area contributed by atoms with Crippen LogP contribution < -0.4 is 0 Å². The van der Waals surface area contributed by atoms with Gasteiger partial charge in [-0.25, -0.2) is 14.2 Å². The molecule has 0 aliphatic rings. The van der Waals surface area contributed by atoms with Crippen LogP contribution in [0.4, 0.5) is 4.39 Å². The Hall–Kier alpha value is -2.73. The van der Waals surface area contributed by atoms with Gasteiger partial charge in [0.1, 0.15) is 22.2 Å². The van der Waals surface area contributed by atoms with Crippen LogP contribution in [0.1, 0.15) is 47.1 Å². The van der Waals surface area contributed by atoms with E-state index in [4.69, 9.17) is 16.3 Å². The molecule has 7 heteroatoms. The zero-order valence-corrected chi connectivity index (χ0v) is 16.1. The van der Waals surface area contributed by atoms with Gasteiger partial charge >= 0.3 is 5.97 Å². The molecule has 0 radical (unpaired) electrons. The Balaban J connectivity index is 2.05. The molecule has 0 saturated heterocycles. The Bertz CT molecular complexity index is 1070. The van der Waals surface area contributed by atoms with Crippen molar-refractivity contribution < 1.29 is 18.7 Å². The van der Waals surface area contributed by atoms with Gasteiger partial charge in [-0.2, -0.15) is 0 Å². The van der Waals surface area contributed by atoms with E-state index < -0.39 is 23.2 Å². The van der Waals surface area contributed by atoms with Crippen LogP contribution in [0.25, 0.3) is 11.0 Å². The van der Waals surface area contributed by atoms with Gasteiger partial charge in [0.25, 0.3) is 0 Å². The molecule has 0 N–H and O–H groups in total. The summed E-state index contributed by atoms with van der Waals surface area (Å²) in [5, 5.41) is 0.842. The summed E-state index contributed by atoms with van der Waals surface area (Å²) in [6, 6.07) is 6.83. The number of carbonyl (C=O) groups excluding carboxylic acids is 2. The quantitative estimate of drug-likeness (QED) is 0.375. The number of aromatic nitrogens is 2. The number of hydrogen-bond acceptors (Lipinski definition) is 4. The number of halogens is 2. The third-order valence-corrected chi connectivity index (χ3v) is 4.09. The predicted octanol–water partition coefficient (Wildman–Crippen LogP) is 4.55. The van der Waals surface area contributed by atoms with Gasteiger partial charge in [-0.05, 0) is 51.1 Å². The fourth-order valence-corrected chi connectivity index (χ4v) is 2.86. The molecule has 0 spiro atoms. The predicted molar refractivity (Wildman–Crippen MR) is 101 cm³/mol. The fraction of sp³-hybridized carbons (Fsp3) is 0.250. The summed E-state index contributed by atoms with van der Waals surface area (Å²) in [6.07, 6.45) is 1.57. The minimum absolute atomic E-state index is 0.107. The lowest BCUT2D eigenvalue weighted by atomic mass is 10.0. The van der Waals surface area contributed by atoms with Gasteiger partial charge in [0.05, 0.1) is 11.1 Å². The number of carbonyl (C=O) groups is 2. The summed E-state index contributed by atoms with van der Waals surface area (Å²) in [6.45, 7) is 5.19. The van der Waals surface area contributed by atoms with E-state index in [0.717, 1.165) is 6.07 Å². The van der Waals surface area contributed by atoms with Gasteiger partial charge in [0, 0.05) is 24.2 Å². The second-order valence-electron chi connectivity index (χ2n) is 7.18. The molecule has 0 bridgehead atoms. The Labute approximate surface area is 160 Å². The first-order valence-corrected chi connectivity index (χ1v) is 8.64. The van der Waals surface area contributed by atoms with Crippen molar-refractivity contribution in [2.45, 2.75) is 26.4 Å². The Morgan fingerprint density at radius 1 is 1.15 bits per heavy atom. The third-order valence-electron chi connectivity index (χ3n) is 3.88. The van der Waals surface area contributed by atoms with Crippen molar-refractivity contribution in [2.75, 3.05) is 0 Å². The maximum atomic E-state index is 14.4. The van der Waals surface area contributed by atoms with E-state index in [1.165, 1.54) is 12.1 Å². The van der Waals surface area contributed by atoms with Crippen molar-refractivity contribution in [3.05, 3.63) is 64.2 Å². The fourth-order valence-electron chi connectivity index (χ4n) is 2.72. The molecule has 2 aromatic heterocycles. The van der Waals surface area contributed by atoms with E-state index in [2.05, 4.69) is 4.98 Å². The van der Waals surface area contributed by atoms with E-state index in [1.54, 1.807) is 50.7 Å². The van der Waals surface area contributed by atoms with Crippen LogP contribution in [-0.4, -0.2) is 26.9 Å². The standard InChI is InChI=1S/C20H18ClFN2O3/c1-20(2,3)27-19(26)11-5-7-15(22)13(9-11)17(25)14-10-24(4)18-12(14)6-8-16(21)23-18/h5-10H,1-4H3. The average Bonchev–Trinajstić information content (AvgIpc) is 2.89. The maximum absolute atomic E-state index is 14.4. The summed E-state index contributed by atoms with van der Waals surface area (Å²) in [5.74, 6) is -1.89. The first-order valence-electron chi connectivity index (χ1n) is 8.26. The first kappa shape index (κ1) is 19.0. The molecule has 3 rings (SSSR count). The summed E-state index contributed by atoms with van der Waals surface area (Å²) < 4.78 is 21.3. The lowest BCUT2D eigenvalue weighted by Crippen LogP contribution is -2.24. The summed E-state index contributed by atoms with van der Waals surface area (Å²) in [5.41, 5.74) is -0.0145. The van der Waals surface area contributed by atoms with Crippen molar-refractivity contribution in [1.82, 2.24) is 9.55 Å². The second-order valence-corrected chi connectivity index (χ2v) is 7.57. The van der Waals surface area contributed by atoms with Crippen LogP contribution in [0.2, 0.25) is 5.15 Å². The number of esters is 1. The Morgan fingerprint density at radius 2 is 1.85 bits per heavy atom. The van der Waals surface area contributed by atoms with Gasteiger partial charge in [-0.1, -0.05) is 11.6 Å². The van der Waals surface area contributed by atoms with E-state index in [9.17, 15) is 14.0 Å². The van der Waals surface area contributed by atoms with Crippen LogP contribution in [0, 0.1) is 5.82 Å². The van der Waals surface area contributed by atoms with Crippen LogP contribution >= 0.6 is 11.6 Å². The van der Waals surface area contributed by atoms with Crippen molar-refractivity contribution in [2.24, 2.45) is 7.05 Å². The van der Waals surface area contributed by atoms with Gasteiger partial charge in [0.15, 0.2) is 5.78 Å². The van der Waals surface area contributed by atoms with Gasteiger partial charge in [0.2, 0.25) is 0 Å².